The molecule has 0 bridgehead atoms. The average Bonchev–Trinajstić information content (AvgIpc) is 2.35. The second-order valence-electron chi connectivity index (χ2n) is 5.05. The van der Waals surface area contributed by atoms with Crippen molar-refractivity contribution in [3.05, 3.63) is 12.7 Å². The van der Waals surface area contributed by atoms with Gasteiger partial charge in [0.25, 0.3) is 0 Å². The summed E-state index contributed by atoms with van der Waals surface area (Å²) in [5.41, 5.74) is 0. The van der Waals surface area contributed by atoms with Gasteiger partial charge in [0.1, 0.15) is 0 Å². The monoisotopic (exact) mass is 285 g/mol. The Morgan fingerprint density at radius 1 is 0.850 bits per heavy atom. The van der Waals surface area contributed by atoms with Gasteiger partial charge in [-0.3, -0.25) is 14.5 Å². The van der Waals surface area contributed by atoms with Crippen LogP contribution in [-0.4, -0.2) is 46.7 Å². The molecule has 0 aromatic heterocycles. The molecule has 0 aliphatic heterocycles. The Morgan fingerprint density at radius 3 is 1.75 bits per heavy atom. The first-order valence-electron chi connectivity index (χ1n) is 7.33. The van der Waals surface area contributed by atoms with Crippen molar-refractivity contribution in [2.24, 2.45) is 0 Å². The van der Waals surface area contributed by atoms with Gasteiger partial charge < -0.3 is 10.2 Å². The van der Waals surface area contributed by atoms with E-state index in [4.69, 9.17) is 10.2 Å². The van der Waals surface area contributed by atoms with Crippen molar-refractivity contribution in [2.45, 2.75) is 51.4 Å². The minimum atomic E-state index is -0.978. The van der Waals surface area contributed by atoms with Gasteiger partial charge in [-0.2, -0.15) is 0 Å². The number of carboxylic acids is 2. The fourth-order valence-electron chi connectivity index (χ4n) is 2.10. The molecule has 0 amide bonds. The SMILES string of the molecule is C=CCCCCCCCCCN(CC(=O)O)CC(=O)O. The number of carbonyl (C=O) groups is 2. The maximum atomic E-state index is 10.6. The van der Waals surface area contributed by atoms with Crippen LogP contribution in [0.15, 0.2) is 12.7 Å². The summed E-state index contributed by atoms with van der Waals surface area (Å²) < 4.78 is 0. The second-order valence-corrected chi connectivity index (χ2v) is 5.05. The molecule has 0 unspecified atom stereocenters. The lowest BCUT2D eigenvalue weighted by Crippen LogP contribution is -2.35. The van der Waals surface area contributed by atoms with E-state index in [1.165, 1.54) is 30.6 Å². The first-order valence-corrected chi connectivity index (χ1v) is 7.33. The van der Waals surface area contributed by atoms with Crippen molar-refractivity contribution in [1.29, 1.82) is 0 Å². The Bertz CT molecular complexity index is 276. The Labute approximate surface area is 121 Å². The van der Waals surface area contributed by atoms with E-state index in [0.717, 1.165) is 25.7 Å². The minimum Gasteiger partial charge on any atom is -0.480 e. The predicted molar refractivity (Wildman–Crippen MR) is 78.8 cm³/mol. The smallest absolute Gasteiger partial charge is 0.317 e. The van der Waals surface area contributed by atoms with Gasteiger partial charge in [-0.1, -0.05) is 38.2 Å². The lowest BCUT2D eigenvalue weighted by molar-refractivity contribution is -0.141. The van der Waals surface area contributed by atoms with Crippen molar-refractivity contribution in [1.82, 2.24) is 4.90 Å². The molecule has 0 saturated heterocycles. The number of unbranched alkanes of at least 4 members (excludes halogenated alkanes) is 7. The van der Waals surface area contributed by atoms with Gasteiger partial charge in [-0.15, -0.1) is 6.58 Å². The normalized spacial score (nSPS) is 10.7. The highest BCUT2D eigenvalue weighted by Crippen LogP contribution is 2.09. The Balaban J connectivity index is 3.55. The molecule has 116 valence electrons. The first-order chi connectivity index (χ1) is 9.56. The van der Waals surface area contributed by atoms with E-state index in [9.17, 15) is 9.59 Å². The molecule has 5 nitrogen and oxygen atoms in total. The van der Waals surface area contributed by atoms with Crippen LogP contribution in [0, 0.1) is 0 Å². The van der Waals surface area contributed by atoms with E-state index < -0.39 is 11.9 Å². The summed E-state index contributed by atoms with van der Waals surface area (Å²) in [6.07, 6.45) is 10.9. The Kier molecular flexibility index (Phi) is 11.8. The van der Waals surface area contributed by atoms with Crippen LogP contribution in [0.4, 0.5) is 0 Å². The molecule has 20 heavy (non-hydrogen) atoms. The zero-order chi connectivity index (χ0) is 15.2. The summed E-state index contributed by atoms with van der Waals surface area (Å²) in [7, 11) is 0. The zero-order valence-electron chi connectivity index (χ0n) is 12.2. The summed E-state index contributed by atoms with van der Waals surface area (Å²) in [4.78, 5) is 22.7. The van der Waals surface area contributed by atoms with Crippen LogP contribution in [0.2, 0.25) is 0 Å². The second kappa shape index (κ2) is 12.7. The Hall–Kier alpha value is -1.36. The summed E-state index contributed by atoms with van der Waals surface area (Å²) in [5, 5.41) is 17.4. The van der Waals surface area contributed by atoms with Crippen LogP contribution in [0.25, 0.3) is 0 Å². The summed E-state index contributed by atoms with van der Waals surface area (Å²) >= 11 is 0. The van der Waals surface area contributed by atoms with Gasteiger partial charge in [0.05, 0.1) is 13.1 Å². The van der Waals surface area contributed by atoms with E-state index in [-0.39, 0.29) is 13.1 Å². The highest BCUT2D eigenvalue weighted by molar-refractivity contribution is 5.72. The summed E-state index contributed by atoms with van der Waals surface area (Å²) in [6.45, 7) is 3.82. The number of nitrogens with zero attached hydrogens (tertiary/aromatic N) is 1. The molecule has 5 heteroatoms. The Morgan fingerprint density at radius 2 is 1.30 bits per heavy atom. The molecule has 0 saturated carbocycles. The first kappa shape index (κ1) is 18.6. The van der Waals surface area contributed by atoms with Gasteiger partial charge in [0.2, 0.25) is 0 Å². The zero-order valence-corrected chi connectivity index (χ0v) is 12.2. The molecule has 0 aromatic rings. The molecule has 0 aliphatic rings. The average molecular weight is 285 g/mol. The largest absolute Gasteiger partial charge is 0.480 e. The van der Waals surface area contributed by atoms with Crippen molar-refractivity contribution in [3.8, 4) is 0 Å². The van der Waals surface area contributed by atoms with Gasteiger partial charge in [0.15, 0.2) is 0 Å². The number of carboxylic acid groups (broad SMARTS) is 2. The molecule has 2 N–H and O–H groups in total. The quantitative estimate of drug-likeness (QED) is 0.379. The van der Waals surface area contributed by atoms with Gasteiger partial charge in [0, 0.05) is 0 Å². The number of allylic oxidation sites excluding steroid dienone is 1. The van der Waals surface area contributed by atoms with Crippen LogP contribution < -0.4 is 0 Å². The fraction of sp³-hybridized carbons (Fsp3) is 0.733. The number of rotatable bonds is 14. The standard InChI is InChI=1S/C15H27NO4/c1-2-3-4-5-6-7-8-9-10-11-16(12-14(17)18)13-15(19)20/h2H,1,3-13H2,(H,17,18)(H,19,20). The molecule has 0 rings (SSSR count). The molecular weight excluding hydrogens is 258 g/mol. The van der Waals surface area contributed by atoms with E-state index in [1.54, 1.807) is 0 Å². The molecule has 0 spiro atoms. The highest BCUT2D eigenvalue weighted by Gasteiger charge is 2.12. The van der Waals surface area contributed by atoms with E-state index in [0.29, 0.717) is 6.54 Å². The lowest BCUT2D eigenvalue weighted by Gasteiger charge is -2.17. The summed E-state index contributed by atoms with van der Waals surface area (Å²) in [6, 6.07) is 0. The van der Waals surface area contributed by atoms with Crippen LogP contribution in [0.1, 0.15) is 51.4 Å². The minimum absolute atomic E-state index is 0.201. The van der Waals surface area contributed by atoms with E-state index in [1.807, 2.05) is 6.08 Å². The number of hydrogen-bond donors (Lipinski definition) is 2. The van der Waals surface area contributed by atoms with Gasteiger partial charge in [-0.05, 0) is 25.8 Å². The van der Waals surface area contributed by atoms with Crippen molar-refractivity contribution < 1.29 is 19.8 Å². The molecule has 0 fully saturated rings. The van der Waals surface area contributed by atoms with Crippen LogP contribution >= 0.6 is 0 Å². The van der Waals surface area contributed by atoms with E-state index >= 15 is 0 Å². The fourth-order valence-corrected chi connectivity index (χ4v) is 2.10. The molecular formula is C15H27NO4. The molecule has 0 radical (unpaired) electrons. The topological polar surface area (TPSA) is 77.8 Å². The maximum Gasteiger partial charge on any atom is 0.317 e. The van der Waals surface area contributed by atoms with Crippen LogP contribution in [-0.2, 0) is 9.59 Å². The number of aliphatic carboxylic acids is 2. The van der Waals surface area contributed by atoms with Crippen molar-refractivity contribution in [3.63, 3.8) is 0 Å². The number of hydrogen-bond acceptors (Lipinski definition) is 3. The van der Waals surface area contributed by atoms with Crippen LogP contribution in [0.5, 0.6) is 0 Å². The van der Waals surface area contributed by atoms with Crippen LogP contribution in [0.3, 0.4) is 0 Å². The third-order valence-electron chi connectivity index (χ3n) is 3.10. The van der Waals surface area contributed by atoms with E-state index in [2.05, 4.69) is 6.58 Å². The van der Waals surface area contributed by atoms with Crippen molar-refractivity contribution in [2.75, 3.05) is 19.6 Å². The third-order valence-corrected chi connectivity index (χ3v) is 3.10. The summed E-state index contributed by atoms with van der Waals surface area (Å²) in [5.74, 6) is -1.96. The molecule has 0 aromatic carbocycles. The molecule has 0 heterocycles. The maximum absolute atomic E-state index is 10.6. The molecule has 0 atom stereocenters. The molecule has 0 aliphatic carbocycles. The van der Waals surface area contributed by atoms with Crippen molar-refractivity contribution >= 4 is 11.9 Å². The predicted octanol–water partition coefficient (Wildman–Crippen LogP) is 2.76. The van der Waals surface area contributed by atoms with Gasteiger partial charge >= 0.3 is 11.9 Å². The third kappa shape index (κ3) is 13.1. The lowest BCUT2D eigenvalue weighted by atomic mass is 10.1. The highest BCUT2D eigenvalue weighted by atomic mass is 16.4. The van der Waals surface area contributed by atoms with Gasteiger partial charge in [-0.25, -0.2) is 0 Å².